The Morgan fingerprint density at radius 3 is 2.40 bits per heavy atom. The van der Waals surface area contributed by atoms with E-state index >= 15 is 0 Å². The normalized spacial score (nSPS) is 10.0. The van der Waals surface area contributed by atoms with Crippen LogP contribution in [0.15, 0.2) is 42.5 Å². The number of nitrogens with one attached hydrogen (secondary N) is 2. The van der Waals surface area contributed by atoms with E-state index in [1.54, 1.807) is 32.4 Å². The Hall–Kier alpha value is -3.02. The fourth-order valence-electron chi connectivity index (χ4n) is 2.38. The van der Waals surface area contributed by atoms with E-state index < -0.39 is 0 Å². The van der Waals surface area contributed by atoms with E-state index in [0.717, 1.165) is 11.1 Å². The lowest BCUT2D eigenvalue weighted by molar-refractivity contribution is -0.118. The molecule has 0 saturated carbocycles. The molecular formula is C19H22N2O4. The molecule has 6 heteroatoms. The highest BCUT2D eigenvalue weighted by molar-refractivity contribution is 5.95. The highest BCUT2D eigenvalue weighted by Crippen LogP contribution is 2.33. The minimum atomic E-state index is -0.195. The van der Waals surface area contributed by atoms with Crippen LogP contribution in [0.3, 0.4) is 0 Å². The molecule has 0 bridgehead atoms. The lowest BCUT2D eigenvalue weighted by Gasteiger charge is -2.12. The first kappa shape index (κ1) is 18.3. The summed E-state index contributed by atoms with van der Waals surface area (Å²) >= 11 is 0. The van der Waals surface area contributed by atoms with Crippen molar-refractivity contribution in [2.24, 2.45) is 0 Å². The van der Waals surface area contributed by atoms with Crippen LogP contribution >= 0.6 is 0 Å². The Bertz CT molecular complexity index is 759. The average molecular weight is 342 g/mol. The summed E-state index contributed by atoms with van der Waals surface area (Å²) < 4.78 is 10.6. The Kier molecular flexibility index (Phi) is 6.39. The van der Waals surface area contributed by atoms with Gasteiger partial charge in [-0.3, -0.25) is 9.59 Å². The zero-order valence-corrected chi connectivity index (χ0v) is 14.6. The lowest BCUT2D eigenvalue weighted by atomic mass is 10.0. The fraction of sp³-hybridized carbons (Fsp3) is 0.263. The molecule has 2 amide bonds. The van der Waals surface area contributed by atoms with Crippen molar-refractivity contribution in [3.05, 3.63) is 48.0 Å². The van der Waals surface area contributed by atoms with Gasteiger partial charge >= 0.3 is 0 Å². The monoisotopic (exact) mass is 342 g/mol. The number of hydrogen-bond acceptors (Lipinski definition) is 4. The van der Waals surface area contributed by atoms with Gasteiger partial charge in [0.05, 0.1) is 14.2 Å². The number of methoxy groups -OCH3 is 2. The van der Waals surface area contributed by atoms with Crippen molar-refractivity contribution in [3.8, 4) is 22.6 Å². The van der Waals surface area contributed by atoms with Crippen molar-refractivity contribution >= 4 is 11.8 Å². The van der Waals surface area contributed by atoms with Crippen molar-refractivity contribution in [3.63, 3.8) is 0 Å². The predicted octanol–water partition coefficient (Wildman–Crippen LogP) is 2.24. The molecule has 0 aliphatic rings. The Balaban J connectivity index is 2.16. The maximum Gasteiger partial charge on any atom is 0.251 e. The van der Waals surface area contributed by atoms with Crippen LogP contribution in [0.25, 0.3) is 11.1 Å². The number of carbonyl (C=O) groups is 2. The zero-order valence-electron chi connectivity index (χ0n) is 14.6. The van der Waals surface area contributed by atoms with Crippen molar-refractivity contribution in [1.29, 1.82) is 0 Å². The second-order valence-electron chi connectivity index (χ2n) is 5.39. The van der Waals surface area contributed by atoms with Gasteiger partial charge < -0.3 is 20.1 Å². The van der Waals surface area contributed by atoms with Gasteiger partial charge in [0.2, 0.25) is 5.91 Å². The highest BCUT2D eigenvalue weighted by atomic mass is 16.5. The van der Waals surface area contributed by atoms with Gasteiger partial charge in [0, 0.05) is 37.2 Å². The third-order valence-corrected chi connectivity index (χ3v) is 3.63. The lowest BCUT2D eigenvalue weighted by Crippen LogP contribution is -2.33. The Morgan fingerprint density at radius 1 is 0.960 bits per heavy atom. The first-order chi connectivity index (χ1) is 12.0. The van der Waals surface area contributed by atoms with Crippen LogP contribution in [0.5, 0.6) is 11.5 Å². The molecule has 0 radical (unpaired) electrons. The van der Waals surface area contributed by atoms with Gasteiger partial charge in [0.1, 0.15) is 11.5 Å². The van der Waals surface area contributed by atoms with E-state index in [9.17, 15) is 9.59 Å². The summed E-state index contributed by atoms with van der Waals surface area (Å²) in [7, 11) is 3.19. The quantitative estimate of drug-likeness (QED) is 0.757. The standard InChI is InChI=1S/C19H22N2O4/c1-13(22)20-9-10-21-19(23)15-6-4-5-14(11-15)17-8-7-16(24-2)12-18(17)25-3/h4-8,11-12H,9-10H2,1-3H3,(H,20,22)(H,21,23). The molecule has 0 heterocycles. The molecule has 0 spiro atoms. The number of amides is 2. The van der Waals surface area contributed by atoms with E-state index in [1.807, 2.05) is 24.3 Å². The van der Waals surface area contributed by atoms with Crippen molar-refractivity contribution in [2.75, 3.05) is 27.3 Å². The van der Waals surface area contributed by atoms with E-state index in [0.29, 0.717) is 30.2 Å². The fourth-order valence-corrected chi connectivity index (χ4v) is 2.38. The van der Waals surface area contributed by atoms with Gasteiger partial charge in [0.15, 0.2) is 0 Å². The SMILES string of the molecule is COc1ccc(-c2cccc(C(=O)NCCNC(C)=O)c2)c(OC)c1. The van der Waals surface area contributed by atoms with Gasteiger partial charge in [-0.15, -0.1) is 0 Å². The molecule has 2 aromatic carbocycles. The van der Waals surface area contributed by atoms with E-state index in [4.69, 9.17) is 9.47 Å². The van der Waals surface area contributed by atoms with Gasteiger partial charge in [-0.25, -0.2) is 0 Å². The van der Waals surface area contributed by atoms with Gasteiger partial charge in [-0.1, -0.05) is 12.1 Å². The van der Waals surface area contributed by atoms with Crippen LogP contribution in [-0.2, 0) is 4.79 Å². The molecule has 132 valence electrons. The largest absolute Gasteiger partial charge is 0.497 e. The Labute approximate surface area is 147 Å². The van der Waals surface area contributed by atoms with Crippen LogP contribution in [0.4, 0.5) is 0 Å². The summed E-state index contributed by atoms with van der Waals surface area (Å²) in [6.07, 6.45) is 0. The smallest absolute Gasteiger partial charge is 0.251 e. The highest BCUT2D eigenvalue weighted by Gasteiger charge is 2.11. The molecule has 2 N–H and O–H groups in total. The number of ether oxygens (including phenoxy) is 2. The molecule has 25 heavy (non-hydrogen) atoms. The van der Waals surface area contributed by atoms with Crippen molar-refractivity contribution in [1.82, 2.24) is 10.6 Å². The zero-order chi connectivity index (χ0) is 18.2. The van der Waals surface area contributed by atoms with E-state index in [2.05, 4.69) is 10.6 Å². The summed E-state index contributed by atoms with van der Waals surface area (Å²) in [4.78, 5) is 23.1. The van der Waals surface area contributed by atoms with E-state index in [1.165, 1.54) is 6.92 Å². The van der Waals surface area contributed by atoms with E-state index in [-0.39, 0.29) is 11.8 Å². The van der Waals surface area contributed by atoms with Gasteiger partial charge in [0.25, 0.3) is 5.91 Å². The topological polar surface area (TPSA) is 76.7 Å². The molecule has 0 aromatic heterocycles. The molecule has 0 aliphatic carbocycles. The molecule has 2 rings (SSSR count). The van der Waals surface area contributed by atoms with Crippen LogP contribution in [-0.4, -0.2) is 39.1 Å². The summed E-state index contributed by atoms with van der Waals surface area (Å²) in [6.45, 7) is 2.20. The van der Waals surface area contributed by atoms with Gasteiger partial charge in [-0.05, 0) is 29.8 Å². The summed E-state index contributed by atoms with van der Waals surface area (Å²) in [6, 6.07) is 12.8. The van der Waals surface area contributed by atoms with Crippen LogP contribution in [0.2, 0.25) is 0 Å². The molecule has 0 atom stereocenters. The summed E-state index contributed by atoms with van der Waals surface area (Å²) in [5, 5.41) is 5.41. The first-order valence-corrected chi connectivity index (χ1v) is 7.90. The molecule has 6 nitrogen and oxygen atoms in total. The second kappa shape index (κ2) is 8.73. The van der Waals surface area contributed by atoms with Crippen LogP contribution in [0, 0.1) is 0 Å². The number of rotatable bonds is 7. The van der Waals surface area contributed by atoms with Crippen molar-refractivity contribution < 1.29 is 19.1 Å². The third kappa shape index (κ3) is 4.97. The van der Waals surface area contributed by atoms with Gasteiger partial charge in [-0.2, -0.15) is 0 Å². The Morgan fingerprint density at radius 2 is 1.72 bits per heavy atom. The third-order valence-electron chi connectivity index (χ3n) is 3.63. The second-order valence-corrected chi connectivity index (χ2v) is 5.39. The molecule has 0 unspecified atom stereocenters. The average Bonchev–Trinajstić information content (AvgIpc) is 2.64. The predicted molar refractivity (Wildman–Crippen MR) is 96.0 cm³/mol. The number of carbonyl (C=O) groups excluding carboxylic acids is 2. The maximum absolute atomic E-state index is 12.3. The van der Waals surface area contributed by atoms with Crippen LogP contribution in [0.1, 0.15) is 17.3 Å². The maximum atomic E-state index is 12.3. The molecular weight excluding hydrogens is 320 g/mol. The summed E-state index contributed by atoms with van der Waals surface area (Å²) in [5.74, 6) is 1.05. The minimum absolute atomic E-state index is 0.122. The molecule has 0 saturated heterocycles. The first-order valence-electron chi connectivity index (χ1n) is 7.90. The summed E-state index contributed by atoms with van der Waals surface area (Å²) in [5.41, 5.74) is 2.28. The van der Waals surface area contributed by atoms with Crippen LogP contribution < -0.4 is 20.1 Å². The van der Waals surface area contributed by atoms with Crippen molar-refractivity contribution in [2.45, 2.75) is 6.92 Å². The molecule has 0 aliphatic heterocycles. The molecule has 2 aromatic rings. The number of benzene rings is 2. The molecule has 0 fully saturated rings. The number of hydrogen-bond donors (Lipinski definition) is 2. The minimum Gasteiger partial charge on any atom is -0.497 e.